The van der Waals surface area contributed by atoms with E-state index in [0.717, 1.165) is 10.5 Å². The van der Waals surface area contributed by atoms with E-state index in [1.165, 1.54) is 0 Å². The van der Waals surface area contributed by atoms with E-state index in [9.17, 15) is 14.9 Å². The smallest absolute Gasteiger partial charge is 0.271 e. The first-order chi connectivity index (χ1) is 16.5. The average molecular weight is 461 g/mol. The highest BCUT2D eigenvalue weighted by molar-refractivity contribution is 6.19. The number of methoxy groups -OCH3 is 1. The molecule has 0 unspecified atom stereocenters. The van der Waals surface area contributed by atoms with Gasteiger partial charge in [0.15, 0.2) is 11.5 Å². The summed E-state index contributed by atoms with van der Waals surface area (Å²) < 4.78 is 16.7. The highest BCUT2D eigenvalue weighted by atomic mass is 16.5. The van der Waals surface area contributed by atoms with Gasteiger partial charge in [-0.1, -0.05) is 36.4 Å². The van der Waals surface area contributed by atoms with Crippen LogP contribution in [0.2, 0.25) is 0 Å². The molecule has 0 bridgehead atoms. The van der Waals surface area contributed by atoms with Crippen LogP contribution in [0.25, 0.3) is 6.08 Å². The molecule has 0 fully saturated rings. The average Bonchev–Trinajstić information content (AvgIpc) is 2.86. The van der Waals surface area contributed by atoms with Crippen LogP contribution in [-0.2, 0) is 20.9 Å². The second-order valence-electron chi connectivity index (χ2n) is 7.67. The van der Waals surface area contributed by atoms with Crippen molar-refractivity contribution in [2.75, 3.05) is 26.9 Å². The molecule has 2 aromatic carbocycles. The van der Waals surface area contributed by atoms with Gasteiger partial charge >= 0.3 is 0 Å². The lowest BCUT2D eigenvalue weighted by atomic mass is 9.93. The minimum atomic E-state index is -0.569. The Bertz CT molecular complexity index is 1150. The van der Waals surface area contributed by atoms with Crippen molar-refractivity contribution in [1.29, 1.82) is 5.26 Å². The van der Waals surface area contributed by atoms with Gasteiger partial charge in [0.25, 0.3) is 11.8 Å². The Kier molecular flexibility index (Phi) is 8.60. The van der Waals surface area contributed by atoms with Crippen LogP contribution in [0, 0.1) is 11.3 Å². The van der Waals surface area contributed by atoms with E-state index in [1.807, 2.05) is 43.3 Å². The number of carbonyl (C=O) groups excluding carboxylic acids is 2. The zero-order chi connectivity index (χ0) is 24.5. The molecule has 0 radical (unpaired) electrons. The molecule has 1 aliphatic rings. The number of nitriles is 1. The van der Waals surface area contributed by atoms with Gasteiger partial charge in [0, 0.05) is 25.3 Å². The lowest BCUT2D eigenvalue weighted by Gasteiger charge is -2.27. The third kappa shape index (κ3) is 5.72. The molecule has 34 heavy (non-hydrogen) atoms. The Morgan fingerprint density at radius 2 is 1.82 bits per heavy atom. The number of nitrogens with zero attached hydrogens (tertiary/aromatic N) is 2. The van der Waals surface area contributed by atoms with Crippen LogP contribution in [0.5, 0.6) is 11.5 Å². The summed E-state index contributed by atoms with van der Waals surface area (Å²) in [6, 6.07) is 17.1. The minimum Gasteiger partial charge on any atom is -0.493 e. The standard InChI is InChI=1S/C27H28N2O5/c1-4-33-14-8-13-29-26(30)22(19(2)23(17-28)27(29)31)15-21-11-12-24(25(16-21)32-3)34-18-20-9-6-5-7-10-20/h5-7,9-12,15-16H,4,8,13-14,18H2,1-3H3/b22-15+. The van der Waals surface area contributed by atoms with E-state index in [-0.39, 0.29) is 12.1 Å². The molecule has 2 amide bonds. The van der Waals surface area contributed by atoms with Crippen molar-refractivity contribution in [1.82, 2.24) is 4.90 Å². The fourth-order valence-corrected chi connectivity index (χ4v) is 3.60. The van der Waals surface area contributed by atoms with Gasteiger partial charge in [-0.25, -0.2) is 0 Å². The molecule has 1 aliphatic heterocycles. The summed E-state index contributed by atoms with van der Waals surface area (Å²) in [5.74, 6) is 0.0868. The largest absolute Gasteiger partial charge is 0.493 e. The van der Waals surface area contributed by atoms with Gasteiger partial charge in [-0.2, -0.15) is 5.26 Å². The SMILES string of the molecule is CCOCCCN1C(=O)C(C#N)=C(C)/C(=C\c2ccc(OCc3ccccc3)c(OC)c2)C1=O. The number of imide groups is 1. The summed E-state index contributed by atoms with van der Waals surface area (Å²) >= 11 is 0. The molecule has 7 heteroatoms. The highest BCUT2D eigenvalue weighted by Crippen LogP contribution is 2.32. The van der Waals surface area contributed by atoms with E-state index in [4.69, 9.17) is 14.2 Å². The third-order valence-electron chi connectivity index (χ3n) is 5.44. The van der Waals surface area contributed by atoms with E-state index < -0.39 is 11.8 Å². The van der Waals surface area contributed by atoms with Crippen molar-refractivity contribution in [3.8, 4) is 17.6 Å². The molecule has 0 aromatic heterocycles. The Balaban J connectivity index is 1.87. The van der Waals surface area contributed by atoms with E-state index in [2.05, 4.69) is 0 Å². The van der Waals surface area contributed by atoms with Crippen molar-refractivity contribution >= 4 is 17.9 Å². The second kappa shape index (κ2) is 11.8. The summed E-state index contributed by atoms with van der Waals surface area (Å²) in [4.78, 5) is 27.0. The minimum absolute atomic E-state index is 0.0305. The van der Waals surface area contributed by atoms with Gasteiger partial charge in [0.1, 0.15) is 18.2 Å². The summed E-state index contributed by atoms with van der Waals surface area (Å²) in [6.45, 7) is 5.06. The summed E-state index contributed by atoms with van der Waals surface area (Å²) in [6.07, 6.45) is 2.16. The normalized spacial score (nSPS) is 15.0. The van der Waals surface area contributed by atoms with Gasteiger partial charge < -0.3 is 14.2 Å². The zero-order valence-electron chi connectivity index (χ0n) is 19.7. The quantitative estimate of drug-likeness (QED) is 0.299. The maximum Gasteiger partial charge on any atom is 0.271 e. The summed E-state index contributed by atoms with van der Waals surface area (Å²) in [5, 5.41) is 9.55. The van der Waals surface area contributed by atoms with Crippen LogP contribution in [0.4, 0.5) is 0 Å². The molecule has 0 atom stereocenters. The second-order valence-corrected chi connectivity index (χ2v) is 7.67. The number of hydrogen-bond donors (Lipinski definition) is 0. The monoisotopic (exact) mass is 460 g/mol. The molecule has 0 saturated heterocycles. The number of amides is 2. The first-order valence-corrected chi connectivity index (χ1v) is 11.1. The number of hydrogen-bond acceptors (Lipinski definition) is 6. The van der Waals surface area contributed by atoms with Gasteiger partial charge in [-0.15, -0.1) is 0 Å². The topological polar surface area (TPSA) is 88.9 Å². The van der Waals surface area contributed by atoms with Crippen LogP contribution in [-0.4, -0.2) is 43.6 Å². The Labute approximate surface area is 199 Å². The number of carbonyl (C=O) groups is 2. The Morgan fingerprint density at radius 3 is 2.50 bits per heavy atom. The first-order valence-electron chi connectivity index (χ1n) is 11.1. The summed E-state index contributed by atoms with van der Waals surface area (Å²) in [7, 11) is 1.55. The van der Waals surface area contributed by atoms with Gasteiger partial charge in [-0.3, -0.25) is 14.5 Å². The van der Waals surface area contributed by atoms with Crippen LogP contribution in [0.1, 0.15) is 31.4 Å². The maximum absolute atomic E-state index is 13.2. The first kappa shape index (κ1) is 24.7. The van der Waals surface area contributed by atoms with Crippen LogP contribution in [0.3, 0.4) is 0 Å². The molecule has 2 aromatic rings. The fourth-order valence-electron chi connectivity index (χ4n) is 3.60. The Hall–Kier alpha value is -3.89. The molecule has 7 nitrogen and oxygen atoms in total. The van der Waals surface area contributed by atoms with Crippen molar-refractivity contribution in [2.45, 2.75) is 26.9 Å². The number of ether oxygens (including phenoxy) is 3. The molecule has 176 valence electrons. The summed E-state index contributed by atoms with van der Waals surface area (Å²) in [5.41, 5.74) is 2.35. The fraction of sp³-hybridized carbons (Fsp3) is 0.296. The molecule has 0 spiro atoms. The van der Waals surface area contributed by atoms with Crippen molar-refractivity contribution in [3.05, 3.63) is 76.4 Å². The third-order valence-corrected chi connectivity index (χ3v) is 5.44. The Morgan fingerprint density at radius 1 is 1.06 bits per heavy atom. The maximum atomic E-state index is 13.2. The molecular formula is C27H28N2O5. The van der Waals surface area contributed by atoms with E-state index in [0.29, 0.717) is 54.5 Å². The van der Waals surface area contributed by atoms with Crippen LogP contribution < -0.4 is 9.47 Å². The molecule has 0 N–H and O–H groups in total. The van der Waals surface area contributed by atoms with Gasteiger partial charge in [-0.05, 0) is 55.2 Å². The number of benzene rings is 2. The lowest BCUT2D eigenvalue weighted by molar-refractivity contribution is -0.140. The molecule has 1 heterocycles. The van der Waals surface area contributed by atoms with Crippen LogP contribution in [0.15, 0.2) is 65.3 Å². The molecular weight excluding hydrogens is 432 g/mol. The van der Waals surface area contributed by atoms with E-state index in [1.54, 1.807) is 38.3 Å². The van der Waals surface area contributed by atoms with Crippen LogP contribution >= 0.6 is 0 Å². The number of rotatable bonds is 10. The molecule has 0 saturated carbocycles. The molecule has 0 aliphatic carbocycles. The van der Waals surface area contributed by atoms with Crippen molar-refractivity contribution in [2.24, 2.45) is 0 Å². The van der Waals surface area contributed by atoms with Crippen molar-refractivity contribution in [3.63, 3.8) is 0 Å². The predicted molar refractivity (Wildman–Crippen MR) is 128 cm³/mol. The molecule has 3 rings (SSSR count). The predicted octanol–water partition coefficient (Wildman–Crippen LogP) is 4.29. The zero-order valence-corrected chi connectivity index (χ0v) is 19.7. The highest BCUT2D eigenvalue weighted by Gasteiger charge is 2.35. The van der Waals surface area contributed by atoms with Gasteiger partial charge in [0.05, 0.1) is 7.11 Å². The van der Waals surface area contributed by atoms with E-state index >= 15 is 0 Å². The lowest BCUT2D eigenvalue weighted by Crippen LogP contribution is -2.43. The van der Waals surface area contributed by atoms with Crippen molar-refractivity contribution < 1.29 is 23.8 Å². The van der Waals surface area contributed by atoms with Gasteiger partial charge in [0.2, 0.25) is 0 Å².